The zero-order chi connectivity index (χ0) is 14.7. The molecule has 0 spiro atoms. The van der Waals surface area contributed by atoms with Crippen LogP contribution in [-0.4, -0.2) is 17.7 Å². The number of nitrogens with one attached hydrogen (secondary N) is 1. The highest BCUT2D eigenvalue weighted by Gasteiger charge is 2.28. The van der Waals surface area contributed by atoms with E-state index in [1.54, 1.807) is 18.4 Å². The van der Waals surface area contributed by atoms with Gasteiger partial charge in [0.1, 0.15) is 5.76 Å². The second kappa shape index (κ2) is 6.13. The molecule has 2 aromatic rings. The van der Waals surface area contributed by atoms with Gasteiger partial charge in [0.05, 0.1) is 18.5 Å². The fourth-order valence-electron chi connectivity index (χ4n) is 2.06. The number of furan rings is 1. The summed E-state index contributed by atoms with van der Waals surface area (Å²) in [5.74, 6) is 0.509. The molecule has 5 nitrogen and oxygen atoms in total. The minimum atomic E-state index is -0.589. The number of oxime groups is 1. The van der Waals surface area contributed by atoms with Gasteiger partial charge in [-0.05, 0) is 24.3 Å². The Morgan fingerprint density at radius 1 is 1.38 bits per heavy atom. The largest absolute Gasteiger partial charge is 0.467 e. The van der Waals surface area contributed by atoms with Crippen LogP contribution < -0.4 is 5.32 Å². The highest BCUT2D eigenvalue weighted by atomic mass is 79.9. The van der Waals surface area contributed by atoms with Gasteiger partial charge in [0.15, 0.2) is 0 Å². The van der Waals surface area contributed by atoms with Crippen molar-refractivity contribution in [1.29, 1.82) is 0 Å². The molecule has 6 heteroatoms. The summed E-state index contributed by atoms with van der Waals surface area (Å²) in [4.78, 5) is 17.2. The molecule has 1 atom stereocenters. The molecule has 0 radical (unpaired) electrons. The fourth-order valence-corrected chi connectivity index (χ4v) is 2.46. The first kappa shape index (κ1) is 13.9. The lowest BCUT2D eigenvalue weighted by atomic mass is 10.0. The van der Waals surface area contributed by atoms with E-state index in [0.717, 1.165) is 15.7 Å². The second-order valence-corrected chi connectivity index (χ2v) is 5.56. The second-order valence-electron chi connectivity index (χ2n) is 4.64. The van der Waals surface area contributed by atoms with Crippen molar-refractivity contribution in [3.05, 3.63) is 58.5 Å². The van der Waals surface area contributed by atoms with Gasteiger partial charge in [-0.25, -0.2) is 0 Å². The van der Waals surface area contributed by atoms with Gasteiger partial charge in [-0.3, -0.25) is 4.79 Å². The minimum Gasteiger partial charge on any atom is -0.467 e. The van der Waals surface area contributed by atoms with Gasteiger partial charge in [0.25, 0.3) is 5.91 Å². The molecule has 0 unspecified atom stereocenters. The van der Waals surface area contributed by atoms with Gasteiger partial charge in [-0.1, -0.05) is 33.2 Å². The fraction of sp³-hybridized carbons (Fsp3) is 0.200. The smallest absolute Gasteiger partial charge is 0.264 e. The van der Waals surface area contributed by atoms with Crippen molar-refractivity contribution in [2.24, 2.45) is 5.16 Å². The topological polar surface area (TPSA) is 63.8 Å². The predicted molar refractivity (Wildman–Crippen MR) is 80.7 cm³/mol. The molecule has 1 aromatic heterocycles. The summed E-state index contributed by atoms with van der Waals surface area (Å²) in [7, 11) is 0. The van der Waals surface area contributed by atoms with Crippen molar-refractivity contribution in [2.75, 3.05) is 0 Å². The van der Waals surface area contributed by atoms with Gasteiger partial charge >= 0.3 is 0 Å². The first-order chi connectivity index (χ1) is 10.2. The molecule has 1 aliphatic rings. The van der Waals surface area contributed by atoms with Crippen LogP contribution in [0.3, 0.4) is 0 Å². The monoisotopic (exact) mass is 348 g/mol. The van der Waals surface area contributed by atoms with Crippen LogP contribution in [0.1, 0.15) is 17.7 Å². The van der Waals surface area contributed by atoms with Crippen molar-refractivity contribution in [3.63, 3.8) is 0 Å². The molecular weight excluding hydrogens is 336 g/mol. The van der Waals surface area contributed by atoms with Crippen LogP contribution in [0.2, 0.25) is 0 Å². The summed E-state index contributed by atoms with van der Waals surface area (Å²) in [5.41, 5.74) is 1.72. The van der Waals surface area contributed by atoms with Crippen LogP contribution >= 0.6 is 15.9 Å². The van der Waals surface area contributed by atoms with E-state index in [-0.39, 0.29) is 5.91 Å². The lowest BCUT2D eigenvalue weighted by molar-refractivity contribution is -0.131. The van der Waals surface area contributed by atoms with Crippen molar-refractivity contribution in [2.45, 2.75) is 19.1 Å². The molecule has 21 heavy (non-hydrogen) atoms. The minimum absolute atomic E-state index is 0.194. The Morgan fingerprint density at radius 2 is 2.29 bits per heavy atom. The number of hydrogen-bond acceptors (Lipinski definition) is 4. The number of amides is 1. The lowest BCUT2D eigenvalue weighted by Gasteiger charge is -2.08. The van der Waals surface area contributed by atoms with Crippen LogP contribution in [0.4, 0.5) is 0 Å². The Balaban J connectivity index is 1.57. The number of carbonyl (C=O) groups excluding carboxylic acids is 1. The van der Waals surface area contributed by atoms with E-state index in [2.05, 4.69) is 26.4 Å². The van der Waals surface area contributed by atoms with Gasteiger partial charge in [-0.2, -0.15) is 0 Å². The van der Waals surface area contributed by atoms with Crippen molar-refractivity contribution < 1.29 is 14.0 Å². The third kappa shape index (κ3) is 3.33. The Morgan fingerprint density at radius 3 is 3.05 bits per heavy atom. The predicted octanol–water partition coefficient (Wildman–Crippen LogP) is 2.85. The molecule has 0 bridgehead atoms. The Labute approximate surface area is 130 Å². The van der Waals surface area contributed by atoms with Crippen LogP contribution in [0.25, 0.3) is 0 Å². The molecule has 2 heterocycles. The normalized spacial score (nSPS) is 17.2. The summed E-state index contributed by atoms with van der Waals surface area (Å²) in [6.07, 6.45) is 1.44. The van der Waals surface area contributed by atoms with Crippen molar-refractivity contribution in [1.82, 2.24) is 5.32 Å². The zero-order valence-corrected chi connectivity index (χ0v) is 12.7. The quantitative estimate of drug-likeness (QED) is 0.923. The zero-order valence-electron chi connectivity index (χ0n) is 11.1. The van der Waals surface area contributed by atoms with E-state index in [1.165, 1.54) is 0 Å². The molecule has 0 fully saturated rings. The van der Waals surface area contributed by atoms with Gasteiger partial charge < -0.3 is 14.6 Å². The Hall–Kier alpha value is -2.08. The van der Waals surface area contributed by atoms with Crippen LogP contribution in [-0.2, 0) is 16.2 Å². The lowest BCUT2D eigenvalue weighted by Crippen LogP contribution is -2.34. The molecule has 1 N–H and O–H groups in total. The Bertz CT molecular complexity index is 667. The highest BCUT2D eigenvalue weighted by molar-refractivity contribution is 9.10. The van der Waals surface area contributed by atoms with Crippen molar-refractivity contribution in [3.8, 4) is 0 Å². The first-order valence-electron chi connectivity index (χ1n) is 6.51. The molecule has 0 saturated heterocycles. The van der Waals surface area contributed by atoms with E-state index in [0.29, 0.717) is 18.7 Å². The molecule has 0 aliphatic carbocycles. The van der Waals surface area contributed by atoms with E-state index in [4.69, 9.17) is 9.25 Å². The molecule has 1 aliphatic heterocycles. The third-order valence-corrected chi connectivity index (χ3v) is 3.63. The van der Waals surface area contributed by atoms with E-state index >= 15 is 0 Å². The summed E-state index contributed by atoms with van der Waals surface area (Å²) in [6, 6.07) is 11.3. The third-order valence-electron chi connectivity index (χ3n) is 3.14. The summed E-state index contributed by atoms with van der Waals surface area (Å²) in [5, 5.41) is 6.78. The molecular formula is C15H13BrN2O3. The number of carbonyl (C=O) groups is 1. The van der Waals surface area contributed by atoms with E-state index in [1.807, 2.05) is 24.3 Å². The maximum atomic E-state index is 12.0. The molecule has 0 saturated carbocycles. The Kier molecular flexibility index (Phi) is 4.06. The number of nitrogens with zero attached hydrogens (tertiary/aromatic N) is 1. The first-order valence-corrected chi connectivity index (χ1v) is 7.30. The van der Waals surface area contributed by atoms with E-state index < -0.39 is 6.10 Å². The van der Waals surface area contributed by atoms with Crippen LogP contribution in [0.15, 0.2) is 56.7 Å². The van der Waals surface area contributed by atoms with E-state index in [9.17, 15) is 4.79 Å². The SMILES string of the molecule is O=C(NCc1ccco1)[C@@H]1CC(c2cccc(Br)c2)=NO1. The number of benzene rings is 1. The van der Waals surface area contributed by atoms with Crippen molar-refractivity contribution >= 4 is 27.5 Å². The summed E-state index contributed by atoms with van der Waals surface area (Å²) >= 11 is 3.41. The van der Waals surface area contributed by atoms with Gasteiger partial charge in [0, 0.05) is 16.5 Å². The number of halogens is 1. The van der Waals surface area contributed by atoms with Gasteiger partial charge in [-0.15, -0.1) is 0 Å². The molecule has 108 valence electrons. The van der Waals surface area contributed by atoms with Crippen LogP contribution in [0, 0.1) is 0 Å². The standard InChI is InChI=1S/C15H13BrN2O3/c16-11-4-1-3-10(7-11)13-8-14(21-18-13)15(19)17-9-12-5-2-6-20-12/h1-7,14H,8-9H2,(H,17,19)/t14-/m0/s1. The molecule has 1 aromatic carbocycles. The number of rotatable bonds is 4. The average Bonchev–Trinajstić information content (AvgIpc) is 3.16. The molecule has 3 rings (SSSR count). The number of hydrogen-bond donors (Lipinski definition) is 1. The molecule has 1 amide bonds. The average molecular weight is 349 g/mol. The maximum absolute atomic E-state index is 12.0. The summed E-state index contributed by atoms with van der Waals surface area (Å²) < 4.78 is 6.13. The summed E-state index contributed by atoms with van der Waals surface area (Å²) in [6.45, 7) is 0.345. The maximum Gasteiger partial charge on any atom is 0.264 e. The van der Waals surface area contributed by atoms with Crippen LogP contribution in [0.5, 0.6) is 0 Å². The highest BCUT2D eigenvalue weighted by Crippen LogP contribution is 2.19. The van der Waals surface area contributed by atoms with Gasteiger partial charge in [0.2, 0.25) is 6.10 Å².